The molecule has 0 saturated carbocycles. The summed E-state index contributed by atoms with van der Waals surface area (Å²) in [7, 11) is 1.63. The maximum absolute atomic E-state index is 13.4. The van der Waals surface area contributed by atoms with E-state index in [2.05, 4.69) is 5.32 Å². The highest BCUT2D eigenvalue weighted by Gasteiger charge is 2.20. The van der Waals surface area contributed by atoms with Crippen molar-refractivity contribution in [3.8, 4) is 0 Å². The van der Waals surface area contributed by atoms with Crippen LogP contribution in [0.25, 0.3) is 0 Å². The molecular weight excluding hydrogens is 323 g/mol. The Kier molecular flexibility index (Phi) is 7.81. The molecular formula is C16H22ClFN2O3. The van der Waals surface area contributed by atoms with E-state index in [9.17, 15) is 14.0 Å². The Morgan fingerprint density at radius 3 is 2.74 bits per heavy atom. The van der Waals surface area contributed by atoms with E-state index >= 15 is 0 Å². The Morgan fingerprint density at radius 2 is 2.13 bits per heavy atom. The van der Waals surface area contributed by atoms with Crippen LogP contribution < -0.4 is 5.32 Å². The standard InChI is InChI=1S/C16H22ClFN2O3/c1-4-6-13(10-23-11(2)21)20(3)16(22)19-9-12-7-5-8-14(18)15(12)17/h5,7-8,13H,4,6,9-10H2,1-3H3,(H,19,22). The van der Waals surface area contributed by atoms with Gasteiger partial charge in [0.2, 0.25) is 0 Å². The Balaban J connectivity index is 2.63. The van der Waals surface area contributed by atoms with Crippen molar-refractivity contribution in [2.75, 3.05) is 13.7 Å². The molecule has 128 valence electrons. The quantitative estimate of drug-likeness (QED) is 0.772. The summed E-state index contributed by atoms with van der Waals surface area (Å²) in [5, 5.41) is 2.69. The molecule has 0 saturated heterocycles. The van der Waals surface area contributed by atoms with Crippen LogP contribution in [-0.2, 0) is 16.1 Å². The molecule has 2 amide bonds. The molecule has 0 fully saturated rings. The topological polar surface area (TPSA) is 58.6 Å². The minimum absolute atomic E-state index is 0.000439. The van der Waals surface area contributed by atoms with Gasteiger partial charge in [0, 0.05) is 20.5 Å². The van der Waals surface area contributed by atoms with Gasteiger partial charge in [-0.25, -0.2) is 9.18 Å². The fourth-order valence-electron chi connectivity index (χ4n) is 2.08. The SMILES string of the molecule is CCCC(COC(C)=O)N(C)C(=O)NCc1cccc(F)c1Cl. The molecule has 0 radical (unpaired) electrons. The smallest absolute Gasteiger partial charge is 0.317 e. The van der Waals surface area contributed by atoms with Gasteiger partial charge in [-0.2, -0.15) is 0 Å². The largest absolute Gasteiger partial charge is 0.464 e. The van der Waals surface area contributed by atoms with Crippen molar-refractivity contribution in [3.63, 3.8) is 0 Å². The van der Waals surface area contributed by atoms with Gasteiger partial charge in [-0.1, -0.05) is 37.1 Å². The van der Waals surface area contributed by atoms with Gasteiger partial charge < -0.3 is 15.0 Å². The number of likely N-dealkylation sites (N-methyl/N-ethyl adjacent to an activating group) is 1. The second-order valence-electron chi connectivity index (χ2n) is 5.23. The molecule has 0 aliphatic heterocycles. The summed E-state index contributed by atoms with van der Waals surface area (Å²) < 4.78 is 18.4. The summed E-state index contributed by atoms with van der Waals surface area (Å²) in [5.74, 6) is -0.906. The fraction of sp³-hybridized carbons (Fsp3) is 0.500. The molecule has 1 N–H and O–H groups in total. The number of carbonyl (C=O) groups excluding carboxylic acids is 2. The number of nitrogens with one attached hydrogen (secondary N) is 1. The molecule has 23 heavy (non-hydrogen) atoms. The lowest BCUT2D eigenvalue weighted by Crippen LogP contribution is -2.45. The van der Waals surface area contributed by atoms with Crippen LogP contribution in [0.15, 0.2) is 18.2 Å². The third-order valence-electron chi connectivity index (χ3n) is 3.43. The molecule has 0 heterocycles. The summed E-state index contributed by atoms with van der Waals surface area (Å²) in [5.41, 5.74) is 0.500. The number of esters is 1. The zero-order valence-corrected chi connectivity index (χ0v) is 14.3. The van der Waals surface area contributed by atoms with Crippen LogP contribution in [0.5, 0.6) is 0 Å². The van der Waals surface area contributed by atoms with Crippen LogP contribution in [0.4, 0.5) is 9.18 Å². The van der Waals surface area contributed by atoms with Crippen LogP contribution >= 0.6 is 11.6 Å². The number of benzene rings is 1. The molecule has 1 atom stereocenters. The second kappa shape index (κ2) is 9.35. The number of hydrogen-bond donors (Lipinski definition) is 1. The Labute approximate surface area is 140 Å². The predicted octanol–water partition coefficient (Wildman–Crippen LogP) is 3.35. The summed E-state index contributed by atoms with van der Waals surface area (Å²) in [4.78, 5) is 24.6. The molecule has 0 aliphatic carbocycles. The van der Waals surface area contributed by atoms with Gasteiger partial charge in [0.15, 0.2) is 0 Å². The zero-order chi connectivity index (χ0) is 17.4. The molecule has 1 rings (SSSR count). The highest BCUT2D eigenvalue weighted by atomic mass is 35.5. The van der Waals surface area contributed by atoms with Gasteiger partial charge in [0.25, 0.3) is 0 Å². The maximum atomic E-state index is 13.4. The Hall–Kier alpha value is -1.82. The van der Waals surface area contributed by atoms with Crippen molar-refractivity contribution in [1.82, 2.24) is 10.2 Å². The van der Waals surface area contributed by atoms with E-state index < -0.39 is 5.82 Å². The van der Waals surface area contributed by atoms with Gasteiger partial charge in [-0.05, 0) is 18.1 Å². The highest BCUT2D eigenvalue weighted by molar-refractivity contribution is 6.31. The zero-order valence-electron chi connectivity index (χ0n) is 13.6. The number of rotatable bonds is 7. The molecule has 5 nitrogen and oxygen atoms in total. The lowest BCUT2D eigenvalue weighted by atomic mass is 10.1. The lowest BCUT2D eigenvalue weighted by molar-refractivity contribution is -0.142. The number of nitrogens with zero attached hydrogens (tertiary/aromatic N) is 1. The van der Waals surface area contributed by atoms with Crippen molar-refractivity contribution in [3.05, 3.63) is 34.6 Å². The number of carbonyl (C=O) groups is 2. The Bertz CT molecular complexity index is 554. The number of hydrogen-bond acceptors (Lipinski definition) is 3. The highest BCUT2D eigenvalue weighted by Crippen LogP contribution is 2.19. The maximum Gasteiger partial charge on any atom is 0.317 e. The van der Waals surface area contributed by atoms with Gasteiger partial charge in [0.1, 0.15) is 12.4 Å². The molecule has 0 bridgehead atoms. The second-order valence-corrected chi connectivity index (χ2v) is 5.61. The van der Waals surface area contributed by atoms with Crippen LogP contribution in [-0.4, -0.2) is 36.6 Å². The van der Waals surface area contributed by atoms with E-state index in [-0.39, 0.29) is 36.2 Å². The number of urea groups is 1. The van der Waals surface area contributed by atoms with Crippen molar-refractivity contribution in [1.29, 1.82) is 0 Å². The molecule has 1 aromatic carbocycles. The molecule has 0 aliphatic rings. The first-order valence-electron chi connectivity index (χ1n) is 7.43. The number of halogens is 2. The summed E-state index contributed by atoms with van der Waals surface area (Å²) in [6.45, 7) is 3.58. The van der Waals surface area contributed by atoms with Crippen LogP contribution in [0.1, 0.15) is 32.3 Å². The number of amides is 2. The van der Waals surface area contributed by atoms with Crippen LogP contribution in [0.2, 0.25) is 5.02 Å². The summed E-state index contributed by atoms with van der Waals surface area (Å²) in [6, 6.07) is 3.89. The molecule has 1 unspecified atom stereocenters. The third-order valence-corrected chi connectivity index (χ3v) is 3.85. The fourth-order valence-corrected chi connectivity index (χ4v) is 2.27. The molecule has 0 aromatic heterocycles. The first kappa shape index (κ1) is 19.2. The van der Waals surface area contributed by atoms with Crippen molar-refractivity contribution < 1.29 is 18.7 Å². The molecule has 1 aromatic rings. The first-order chi connectivity index (χ1) is 10.9. The van der Waals surface area contributed by atoms with Crippen molar-refractivity contribution in [2.24, 2.45) is 0 Å². The molecule has 7 heteroatoms. The van der Waals surface area contributed by atoms with Gasteiger partial charge in [0.05, 0.1) is 11.1 Å². The summed E-state index contributed by atoms with van der Waals surface area (Å²) in [6.07, 6.45) is 1.55. The Morgan fingerprint density at radius 1 is 1.43 bits per heavy atom. The first-order valence-corrected chi connectivity index (χ1v) is 7.81. The van der Waals surface area contributed by atoms with Crippen molar-refractivity contribution >= 4 is 23.6 Å². The van der Waals surface area contributed by atoms with Crippen molar-refractivity contribution in [2.45, 2.75) is 39.3 Å². The van der Waals surface area contributed by atoms with Crippen LogP contribution in [0, 0.1) is 5.82 Å². The van der Waals surface area contributed by atoms with Gasteiger partial charge in [-0.3, -0.25) is 4.79 Å². The summed E-state index contributed by atoms with van der Waals surface area (Å²) >= 11 is 5.86. The van der Waals surface area contributed by atoms with E-state index in [0.29, 0.717) is 12.0 Å². The average molecular weight is 345 g/mol. The number of ether oxygens (including phenoxy) is 1. The van der Waals surface area contributed by atoms with E-state index in [1.807, 2.05) is 6.92 Å². The van der Waals surface area contributed by atoms with Gasteiger partial charge in [-0.15, -0.1) is 0 Å². The monoisotopic (exact) mass is 344 g/mol. The molecule has 0 spiro atoms. The van der Waals surface area contributed by atoms with Crippen LogP contribution in [0.3, 0.4) is 0 Å². The average Bonchev–Trinajstić information content (AvgIpc) is 2.51. The third kappa shape index (κ3) is 6.06. The van der Waals surface area contributed by atoms with Gasteiger partial charge >= 0.3 is 12.0 Å². The lowest BCUT2D eigenvalue weighted by Gasteiger charge is -2.27. The van der Waals surface area contributed by atoms with E-state index in [0.717, 1.165) is 6.42 Å². The minimum Gasteiger partial charge on any atom is -0.464 e. The predicted molar refractivity (Wildman–Crippen MR) is 86.7 cm³/mol. The minimum atomic E-state index is -0.523. The normalized spacial score (nSPS) is 11.7. The van der Waals surface area contributed by atoms with E-state index in [1.54, 1.807) is 13.1 Å². The van der Waals surface area contributed by atoms with E-state index in [4.69, 9.17) is 16.3 Å². The van der Waals surface area contributed by atoms with E-state index in [1.165, 1.54) is 24.0 Å².